The third-order valence-corrected chi connectivity index (χ3v) is 2.52. The Bertz CT molecular complexity index is 469. The molecule has 2 N–H and O–H groups in total. The highest BCUT2D eigenvalue weighted by Crippen LogP contribution is 2.23. The van der Waals surface area contributed by atoms with E-state index in [0.29, 0.717) is 17.9 Å². The summed E-state index contributed by atoms with van der Waals surface area (Å²) in [4.78, 5) is 22.8. The number of benzene rings is 1. The predicted molar refractivity (Wildman–Crippen MR) is 71.9 cm³/mol. The van der Waals surface area contributed by atoms with Crippen LogP contribution in [0.1, 0.15) is 26.3 Å². The molecule has 0 aliphatic heterocycles. The van der Waals surface area contributed by atoms with Gasteiger partial charge in [-0.1, -0.05) is 19.9 Å². The molecule has 104 valence electrons. The zero-order valence-corrected chi connectivity index (χ0v) is 11.4. The Kier molecular flexibility index (Phi) is 5.36. The van der Waals surface area contributed by atoms with Crippen molar-refractivity contribution in [3.8, 4) is 5.75 Å². The van der Waals surface area contributed by atoms with E-state index in [9.17, 15) is 14.7 Å². The average Bonchev–Trinajstić information content (AvgIpc) is 2.32. The maximum Gasteiger partial charge on any atom is 0.310 e. The van der Waals surface area contributed by atoms with Crippen LogP contribution < -0.4 is 5.32 Å². The summed E-state index contributed by atoms with van der Waals surface area (Å²) < 4.78 is 4.81. The van der Waals surface area contributed by atoms with Crippen molar-refractivity contribution in [3.05, 3.63) is 23.8 Å². The maximum atomic E-state index is 11.5. The van der Waals surface area contributed by atoms with Crippen molar-refractivity contribution in [1.82, 2.24) is 0 Å². The Labute approximate surface area is 112 Å². The number of ether oxygens (including phenoxy) is 1. The molecule has 5 nitrogen and oxygen atoms in total. The van der Waals surface area contributed by atoms with Crippen LogP contribution in [0.4, 0.5) is 5.69 Å². The number of rotatable bonds is 5. The lowest BCUT2D eigenvalue weighted by atomic mass is 10.1. The first-order valence-corrected chi connectivity index (χ1v) is 6.22. The van der Waals surface area contributed by atoms with Crippen LogP contribution in [0.3, 0.4) is 0 Å². The Balaban J connectivity index is 2.74. The molecule has 0 spiro atoms. The highest BCUT2D eigenvalue weighted by molar-refractivity contribution is 5.92. The fraction of sp³-hybridized carbons (Fsp3) is 0.429. The quantitative estimate of drug-likeness (QED) is 0.799. The Hall–Kier alpha value is -2.04. The topological polar surface area (TPSA) is 75.6 Å². The van der Waals surface area contributed by atoms with Gasteiger partial charge in [-0.15, -0.1) is 0 Å². The summed E-state index contributed by atoms with van der Waals surface area (Å²) in [6.45, 7) is 5.60. The highest BCUT2D eigenvalue weighted by Gasteiger charge is 2.11. The molecule has 0 radical (unpaired) electrons. The predicted octanol–water partition coefficient (Wildman–Crippen LogP) is 2.09. The van der Waals surface area contributed by atoms with Crippen molar-refractivity contribution in [2.45, 2.75) is 27.2 Å². The number of carbonyl (C=O) groups excluding carboxylic acids is 2. The molecule has 1 aromatic rings. The molecular formula is C14H19NO4. The van der Waals surface area contributed by atoms with E-state index < -0.39 is 5.97 Å². The summed E-state index contributed by atoms with van der Waals surface area (Å²) in [5.74, 6) is -0.690. The van der Waals surface area contributed by atoms with Gasteiger partial charge >= 0.3 is 5.97 Å². The standard InChI is InChI=1S/C14H19NO4/c1-4-19-13(17)7-10-5-6-11(8-12(10)16)15-14(18)9(2)3/h5-6,8-9,16H,4,7H2,1-3H3,(H,15,18). The molecule has 0 aliphatic rings. The SMILES string of the molecule is CCOC(=O)Cc1ccc(NC(=O)C(C)C)cc1O. The first kappa shape index (κ1) is 15.0. The number of hydrogen-bond donors (Lipinski definition) is 2. The van der Waals surface area contributed by atoms with E-state index in [-0.39, 0.29) is 24.0 Å². The molecule has 0 aromatic heterocycles. The number of anilines is 1. The molecule has 1 aromatic carbocycles. The van der Waals surface area contributed by atoms with Crippen LogP contribution in [-0.4, -0.2) is 23.6 Å². The van der Waals surface area contributed by atoms with Gasteiger partial charge in [0.15, 0.2) is 0 Å². The summed E-state index contributed by atoms with van der Waals surface area (Å²) in [6.07, 6.45) is 0.0120. The lowest BCUT2D eigenvalue weighted by Gasteiger charge is -2.10. The number of amides is 1. The molecule has 1 rings (SSSR count). The highest BCUT2D eigenvalue weighted by atomic mass is 16.5. The van der Waals surface area contributed by atoms with Gasteiger partial charge in [0, 0.05) is 23.2 Å². The van der Waals surface area contributed by atoms with Crippen LogP contribution >= 0.6 is 0 Å². The van der Waals surface area contributed by atoms with Crippen molar-refractivity contribution < 1.29 is 19.4 Å². The second-order valence-corrected chi connectivity index (χ2v) is 4.47. The lowest BCUT2D eigenvalue weighted by Crippen LogP contribution is -2.17. The summed E-state index contributed by atoms with van der Waals surface area (Å²) in [5.41, 5.74) is 0.977. The molecule has 0 heterocycles. The van der Waals surface area contributed by atoms with Gasteiger partial charge in [-0.25, -0.2) is 0 Å². The fourth-order valence-electron chi connectivity index (χ4n) is 1.45. The summed E-state index contributed by atoms with van der Waals surface area (Å²) >= 11 is 0. The van der Waals surface area contributed by atoms with Gasteiger partial charge in [0.1, 0.15) is 5.75 Å². The van der Waals surface area contributed by atoms with Gasteiger partial charge < -0.3 is 15.2 Å². The van der Waals surface area contributed by atoms with E-state index >= 15 is 0 Å². The average molecular weight is 265 g/mol. The Morgan fingerprint density at radius 1 is 1.37 bits per heavy atom. The Morgan fingerprint density at radius 3 is 2.58 bits per heavy atom. The molecule has 5 heteroatoms. The second kappa shape index (κ2) is 6.78. The van der Waals surface area contributed by atoms with Crippen LogP contribution in [0.5, 0.6) is 5.75 Å². The van der Waals surface area contributed by atoms with Gasteiger partial charge in [-0.05, 0) is 13.0 Å². The number of esters is 1. The molecule has 0 saturated carbocycles. The fourth-order valence-corrected chi connectivity index (χ4v) is 1.45. The van der Waals surface area contributed by atoms with Crippen molar-refractivity contribution in [3.63, 3.8) is 0 Å². The minimum atomic E-state index is -0.392. The molecule has 0 atom stereocenters. The second-order valence-electron chi connectivity index (χ2n) is 4.47. The third kappa shape index (κ3) is 4.62. The molecule has 19 heavy (non-hydrogen) atoms. The van der Waals surface area contributed by atoms with Crippen molar-refractivity contribution in [1.29, 1.82) is 0 Å². The minimum Gasteiger partial charge on any atom is -0.508 e. The number of phenols is 1. The van der Waals surface area contributed by atoms with Crippen LogP contribution in [0.2, 0.25) is 0 Å². The van der Waals surface area contributed by atoms with Crippen LogP contribution in [0, 0.1) is 5.92 Å². The summed E-state index contributed by atoms with van der Waals surface area (Å²) in [5, 5.41) is 12.5. The van der Waals surface area contributed by atoms with E-state index in [0.717, 1.165) is 0 Å². The van der Waals surface area contributed by atoms with E-state index in [1.807, 2.05) is 0 Å². The van der Waals surface area contributed by atoms with Crippen LogP contribution in [0.15, 0.2) is 18.2 Å². The van der Waals surface area contributed by atoms with Crippen molar-refractivity contribution >= 4 is 17.6 Å². The van der Waals surface area contributed by atoms with E-state index in [1.54, 1.807) is 32.9 Å². The monoisotopic (exact) mass is 265 g/mol. The lowest BCUT2D eigenvalue weighted by molar-refractivity contribution is -0.142. The van der Waals surface area contributed by atoms with E-state index in [1.165, 1.54) is 6.07 Å². The molecule has 0 bridgehead atoms. The van der Waals surface area contributed by atoms with Crippen molar-refractivity contribution in [2.24, 2.45) is 5.92 Å². The van der Waals surface area contributed by atoms with E-state index in [4.69, 9.17) is 4.74 Å². The van der Waals surface area contributed by atoms with Gasteiger partial charge in [-0.3, -0.25) is 9.59 Å². The first-order valence-electron chi connectivity index (χ1n) is 6.22. The summed E-state index contributed by atoms with van der Waals surface area (Å²) in [6, 6.07) is 4.67. The van der Waals surface area contributed by atoms with Gasteiger partial charge in [0.05, 0.1) is 13.0 Å². The maximum absolute atomic E-state index is 11.5. The third-order valence-electron chi connectivity index (χ3n) is 2.52. The molecule has 0 saturated heterocycles. The number of carbonyl (C=O) groups is 2. The molecule has 0 aliphatic carbocycles. The zero-order valence-electron chi connectivity index (χ0n) is 11.4. The Morgan fingerprint density at radius 2 is 2.05 bits per heavy atom. The zero-order chi connectivity index (χ0) is 14.4. The number of nitrogens with one attached hydrogen (secondary N) is 1. The van der Waals surface area contributed by atoms with Crippen LogP contribution in [0.25, 0.3) is 0 Å². The molecular weight excluding hydrogens is 246 g/mol. The van der Waals surface area contributed by atoms with Gasteiger partial charge in [-0.2, -0.15) is 0 Å². The minimum absolute atomic E-state index is 0.0120. The number of phenolic OH excluding ortho intramolecular Hbond substituents is 1. The number of aromatic hydroxyl groups is 1. The molecule has 1 amide bonds. The largest absolute Gasteiger partial charge is 0.508 e. The molecule has 0 fully saturated rings. The van der Waals surface area contributed by atoms with Crippen LogP contribution in [-0.2, 0) is 20.7 Å². The molecule has 0 unspecified atom stereocenters. The van der Waals surface area contributed by atoms with Gasteiger partial charge in [0.25, 0.3) is 0 Å². The van der Waals surface area contributed by atoms with Gasteiger partial charge in [0.2, 0.25) is 5.91 Å². The smallest absolute Gasteiger partial charge is 0.310 e. The summed E-state index contributed by atoms with van der Waals surface area (Å²) in [7, 11) is 0. The normalized spacial score (nSPS) is 10.3. The first-order chi connectivity index (χ1) is 8.93. The van der Waals surface area contributed by atoms with Crippen molar-refractivity contribution in [2.75, 3.05) is 11.9 Å². The number of hydrogen-bond acceptors (Lipinski definition) is 4. The van der Waals surface area contributed by atoms with E-state index in [2.05, 4.69) is 5.32 Å².